The molecule has 0 radical (unpaired) electrons. The minimum Gasteiger partial charge on any atom is -0.508 e. The topological polar surface area (TPSA) is 85.2 Å². The van der Waals surface area contributed by atoms with Crippen molar-refractivity contribution in [2.45, 2.75) is 13.8 Å². The number of phenolic OH excluding ortho intramolecular Hbond substituents is 1. The minimum absolute atomic E-state index is 0.134. The largest absolute Gasteiger partial charge is 0.508 e. The summed E-state index contributed by atoms with van der Waals surface area (Å²) in [4.78, 5) is 12.2. The molecule has 2 aromatic heterocycles. The lowest BCUT2D eigenvalue weighted by atomic mass is 10.1. The van der Waals surface area contributed by atoms with E-state index in [0.717, 1.165) is 17.1 Å². The Bertz CT molecular complexity index is 828. The van der Waals surface area contributed by atoms with Crippen LogP contribution in [0.4, 0.5) is 0 Å². The van der Waals surface area contributed by atoms with E-state index in [9.17, 15) is 9.90 Å². The van der Waals surface area contributed by atoms with E-state index < -0.39 is 5.97 Å². The lowest BCUT2D eigenvalue weighted by Crippen LogP contribution is -2.03. The molecule has 2 heterocycles. The molecule has 0 aliphatic heterocycles. The van der Waals surface area contributed by atoms with E-state index in [-0.39, 0.29) is 5.75 Å². The highest BCUT2D eigenvalue weighted by atomic mass is 32.1. The third-order valence-electron chi connectivity index (χ3n) is 2.92. The number of carbonyl (C=O) groups excluding carboxylic acids is 1. The highest BCUT2D eigenvalue weighted by molar-refractivity contribution is 7.09. The Morgan fingerprint density at radius 2 is 2.05 bits per heavy atom. The van der Waals surface area contributed by atoms with Gasteiger partial charge in [0.05, 0.1) is 12.1 Å². The lowest BCUT2D eigenvalue weighted by molar-refractivity contribution is 0.0534. The number of esters is 1. The monoisotopic (exact) mass is 289 g/mol. The predicted molar refractivity (Wildman–Crippen MR) is 75.1 cm³/mol. The van der Waals surface area contributed by atoms with Gasteiger partial charge in [0.2, 0.25) is 0 Å². The predicted octanol–water partition coefficient (Wildman–Crippen LogP) is 2.43. The maximum absolute atomic E-state index is 11.8. The van der Waals surface area contributed by atoms with Gasteiger partial charge in [0, 0.05) is 5.39 Å². The van der Waals surface area contributed by atoms with E-state index >= 15 is 0 Å². The van der Waals surface area contributed by atoms with Gasteiger partial charge >= 0.3 is 5.97 Å². The number of hydrogen-bond donors (Lipinski definition) is 1. The molecular formula is C13H11N3O3S. The molecule has 3 aromatic rings. The Kier molecular flexibility index (Phi) is 2.98. The highest BCUT2D eigenvalue weighted by Gasteiger charge is 2.19. The van der Waals surface area contributed by atoms with Crippen LogP contribution in [0.3, 0.4) is 0 Å². The summed E-state index contributed by atoms with van der Waals surface area (Å²) >= 11 is 1.03. The zero-order chi connectivity index (χ0) is 14.3. The molecule has 3 rings (SSSR count). The van der Waals surface area contributed by atoms with Crippen LogP contribution >= 0.6 is 11.5 Å². The molecule has 1 N–H and O–H groups in total. The van der Waals surface area contributed by atoms with Crippen molar-refractivity contribution in [2.75, 3.05) is 6.61 Å². The van der Waals surface area contributed by atoms with Gasteiger partial charge in [-0.15, -0.1) is 10.2 Å². The summed E-state index contributed by atoms with van der Waals surface area (Å²) in [5.41, 5.74) is 2.43. The molecule has 0 amide bonds. The molecule has 7 heteroatoms. The maximum Gasteiger partial charge on any atom is 0.352 e. The number of carbonyl (C=O) groups is 1. The summed E-state index contributed by atoms with van der Waals surface area (Å²) in [7, 11) is 0. The Hall–Kier alpha value is -2.28. The van der Waals surface area contributed by atoms with Crippen LogP contribution in [-0.4, -0.2) is 32.3 Å². The van der Waals surface area contributed by atoms with Crippen molar-refractivity contribution in [1.82, 2.24) is 14.6 Å². The van der Waals surface area contributed by atoms with Crippen molar-refractivity contribution >= 4 is 39.4 Å². The third-order valence-corrected chi connectivity index (χ3v) is 3.74. The minimum atomic E-state index is -0.453. The number of aryl methyl sites for hydroxylation is 1. The third kappa shape index (κ3) is 1.87. The van der Waals surface area contributed by atoms with Gasteiger partial charge in [0.15, 0.2) is 4.88 Å². The molecule has 6 nitrogen and oxygen atoms in total. The fraction of sp³-hybridized carbons (Fsp3) is 0.231. The molecule has 102 valence electrons. The second-order valence-electron chi connectivity index (χ2n) is 4.29. The molecule has 0 atom stereocenters. The first kappa shape index (κ1) is 12.7. The highest BCUT2D eigenvalue weighted by Crippen LogP contribution is 2.30. The molecule has 0 fully saturated rings. The number of fused-ring (bicyclic) bond motifs is 3. The van der Waals surface area contributed by atoms with Crippen molar-refractivity contribution in [2.24, 2.45) is 0 Å². The molecule has 0 aliphatic rings. The molecule has 0 bridgehead atoms. The molecule has 0 spiro atoms. The summed E-state index contributed by atoms with van der Waals surface area (Å²) in [6.07, 6.45) is 0. The fourth-order valence-corrected chi connectivity index (χ4v) is 2.78. The number of rotatable bonds is 2. The van der Waals surface area contributed by atoms with Crippen LogP contribution in [0.25, 0.3) is 21.9 Å². The smallest absolute Gasteiger partial charge is 0.352 e. The number of phenols is 1. The first-order chi connectivity index (χ1) is 9.61. The molecule has 20 heavy (non-hydrogen) atoms. The van der Waals surface area contributed by atoms with Crippen molar-refractivity contribution in [1.29, 1.82) is 0 Å². The Morgan fingerprint density at radius 1 is 1.30 bits per heavy atom. The molecular weight excluding hydrogens is 278 g/mol. The quantitative estimate of drug-likeness (QED) is 0.729. The van der Waals surface area contributed by atoms with E-state index in [0.29, 0.717) is 33.4 Å². The summed E-state index contributed by atoms with van der Waals surface area (Å²) < 4.78 is 9.23. The average Bonchev–Trinajstić information content (AvgIpc) is 2.83. The Labute approximate surface area is 118 Å². The zero-order valence-electron chi connectivity index (χ0n) is 10.9. The Morgan fingerprint density at radius 3 is 2.80 bits per heavy atom. The number of nitrogens with zero attached hydrogens (tertiary/aromatic N) is 3. The number of ether oxygens (including phenoxy) is 1. The second kappa shape index (κ2) is 4.68. The van der Waals surface area contributed by atoms with Gasteiger partial charge in [-0.25, -0.2) is 4.79 Å². The molecule has 1 aromatic carbocycles. The molecule has 0 aliphatic carbocycles. The van der Waals surface area contributed by atoms with E-state index in [1.54, 1.807) is 19.1 Å². The first-order valence-electron chi connectivity index (χ1n) is 6.04. The summed E-state index contributed by atoms with van der Waals surface area (Å²) in [5, 5.41) is 18.6. The van der Waals surface area contributed by atoms with Gasteiger partial charge in [-0.05, 0) is 43.1 Å². The van der Waals surface area contributed by atoms with E-state index in [4.69, 9.17) is 4.74 Å². The van der Waals surface area contributed by atoms with E-state index in [2.05, 4.69) is 14.6 Å². The normalized spacial score (nSPS) is 11.1. The van der Waals surface area contributed by atoms with Gasteiger partial charge in [0.25, 0.3) is 0 Å². The van der Waals surface area contributed by atoms with Crippen LogP contribution in [0.15, 0.2) is 12.1 Å². The van der Waals surface area contributed by atoms with Crippen LogP contribution in [-0.2, 0) is 4.74 Å². The zero-order valence-corrected chi connectivity index (χ0v) is 11.7. The summed E-state index contributed by atoms with van der Waals surface area (Å²) in [6.45, 7) is 3.87. The second-order valence-corrected chi connectivity index (χ2v) is 5.06. The maximum atomic E-state index is 11.8. The number of aromatic nitrogens is 3. The van der Waals surface area contributed by atoms with E-state index in [1.807, 2.05) is 6.92 Å². The van der Waals surface area contributed by atoms with Crippen molar-refractivity contribution in [3.63, 3.8) is 0 Å². The fourth-order valence-electron chi connectivity index (χ4n) is 2.06. The first-order valence-corrected chi connectivity index (χ1v) is 6.81. The van der Waals surface area contributed by atoms with E-state index in [1.165, 1.54) is 0 Å². The van der Waals surface area contributed by atoms with Crippen LogP contribution in [0, 0.1) is 6.92 Å². The number of benzene rings is 1. The molecule has 0 saturated carbocycles. The van der Waals surface area contributed by atoms with Gasteiger partial charge < -0.3 is 9.84 Å². The number of hydrogen-bond acceptors (Lipinski definition) is 7. The summed E-state index contributed by atoms with van der Waals surface area (Å²) in [5.74, 6) is -0.319. The Balaban J connectivity index is 2.31. The average molecular weight is 289 g/mol. The van der Waals surface area contributed by atoms with Crippen molar-refractivity contribution in [3.8, 4) is 5.75 Å². The SMILES string of the molecule is CCOC(=O)c1snc2c1nnc1c(C)cc(O)cc12. The standard InChI is InChI=1S/C13H11N3O3S/c1-3-19-13(18)12-11-10(16-20-12)8-5-7(17)4-6(2)9(8)14-15-11/h4-5,17H,3H2,1-2H3. The van der Waals surface area contributed by atoms with Gasteiger partial charge in [0.1, 0.15) is 16.8 Å². The molecule has 0 saturated heterocycles. The summed E-state index contributed by atoms with van der Waals surface area (Å²) in [6, 6.07) is 3.19. The van der Waals surface area contributed by atoms with Crippen LogP contribution < -0.4 is 0 Å². The lowest BCUT2D eigenvalue weighted by Gasteiger charge is -2.02. The van der Waals surface area contributed by atoms with Crippen LogP contribution in [0.2, 0.25) is 0 Å². The number of aromatic hydroxyl groups is 1. The molecule has 0 unspecified atom stereocenters. The van der Waals surface area contributed by atoms with Crippen molar-refractivity contribution < 1.29 is 14.6 Å². The van der Waals surface area contributed by atoms with Gasteiger partial charge in [-0.1, -0.05) is 0 Å². The van der Waals surface area contributed by atoms with Crippen LogP contribution in [0.1, 0.15) is 22.2 Å². The van der Waals surface area contributed by atoms with Crippen LogP contribution in [0.5, 0.6) is 5.75 Å². The van der Waals surface area contributed by atoms with Crippen molar-refractivity contribution in [3.05, 3.63) is 22.6 Å². The van der Waals surface area contributed by atoms with Gasteiger partial charge in [-0.3, -0.25) is 0 Å². The van der Waals surface area contributed by atoms with Gasteiger partial charge in [-0.2, -0.15) is 4.37 Å².